The number of hydrogen-bond donors (Lipinski definition) is 2. The lowest BCUT2D eigenvalue weighted by Crippen LogP contribution is -2.17. The van der Waals surface area contributed by atoms with Crippen molar-refractivity contribution in [1.82, 2.24) is 4.98 Å². The third kappa shape index (κ3) is 3.20. The molecule has 2 aromatic rings. The predicted octanol–water partition coefficient (Wildman–Crippen LogP) is 3.33. The number of nitrogens with zero attached hydrogens (tertiary/aromatic N) is 1. The summed E-state index contributed by atoms with van der Waals surface area (Å²) in [6.45, 7) is 5.25. The molecule has 1 atom stereocenters. The maximum Gasteiger partial charge on any atom is 0.136 e. The Morgan fingerprint density at radius 3 is 2.84 bits per heavy atom. The highest BCUT2D eigenvalue weighted by molar-refractivity contribution is 7.80. The molecule has 3 N–H and O–H groups in total. The smallest absolute Gasteiger partial charge is 0.136 e. The SMILES string of the molecule is CCC(C)CNc1nc2ccccc2cc1C(N)=S. The van der Waals surface area contributed by atoms with Gasteiger partial charge in [0.2, 0.25) is 0 Å². The van der Waals surface area contributed by atoms with Crippen molar-refractivity contribution in [3.05, 3.63) is 35.9 Å². The zero-order valence-corrected chi connectivity index (χ0v) is 12.1. The zero-order chi connectivity index (χ0) is 13.8. The molecular formula is C15H19N3S. The largest absolute Gasteiger partial charge is 0.389 e. The monoisotopic (exact) mass is 273 g/mol. The van der Waals surface area contributed by atoms with Gasteiger partial charge in [-0.1, -0.05) is 50.7 Å². The molecule has 1 unspecified atom stereocenters. The van der Waals surface area contributed by atoms with Crippen molar-refractivity contribution in [3.8, 4) is 0 Å². The van der Waals surface area contributed by atoms with Crippen LogP contribution < -0.4 is 11.1 Å². The summed E-state index contributed by atoms with van der Waals surface area (Å²) in [5.41, 5.74) is 7.57. The molecule has 3 nitrogen and oxygen atoms in total. The number of para-hydroxylation sites is 1. The normalized spacial score (nSPS) is 12.3. The standard InChI is InChI=1S/C15H19N3S/c1-3-10(2)9-17-15-12(14(16)19)8-11-6-4-5-7-13(11)18-15/h4-8,10H,3,9H2,1-2H3,(H2,16,19)(H,17,18). The van der Waals surface area contributed by atoms with E-state index in [9.17, 15) is 0 Å². The molecular weight excluding hydrogens is 254 g/mol. The van der Waals surface area contributed by atoms with E-state index in [1.54, 1.807) is 0 Å². The first-order valence-corrected chi connectivity index (χ1v) is 6.96. The summed E-state index contributed by atoms with van der Waals surface area (Å²) in [7, 11) is 0. The lowest BCUT2D eigenvalue weighted by Gasteiger charge is -2.14. The fraction of sp³-hybridized carbons (Fsp3) is 0.333. The predicted molar refractivity (Wildman–Crippen MR) is 85.6 cm³/mol. The Kier molecular flexibility index (Phi) is 4.32. The minimum atomic E-state index is 0.380. The van der Waals surface area contributed by atoms with Gasteiger partial charge in [0.15, 0.2) is 0 Å². The fourth-order valence-corrected chi connectivity index (χ4v) is 2.01. The van der Waals surface area contributed by atoms with E-state index in [1.807, 2.05) is 30.3 Å². The highest BCUT2D eigenvalue weighted by atomic mass is 32.1. The molecule has 0 saturated carbocycles. The molecule has 0 aliphatic heterocycles. The van der Waals surface area contributed by atoms with Crippen LogP contribution in [0.1, 0.15) is 25.8 Å². The lowest BCUT2D eigenvalue weighted by molar-refractivity contribution is 0.592. The number of benzene rings is 1. The maximum atomic E-state index is 5.80. The average Bonchev–Trinajstić information content (AvgIpc) is 2.43. The van der Waals surface area contributed by atoms with Gasteiger partial charge < -0.3 is 11.1 Å². The second-order valence-electron chi connectivity index (χ2n) is 4.84. The van der Waals surface area contributed by atoms with Crippen LogP contribution in [-0.4, -0.2) is 16.5 Å². The molecule has 0 amide bonds. The van der Waals surface area contributed by atoms with Gasteiger partial charge in [-0.15, -0.1) is 0 Å². The van der Waals surface area contributed by atoms with Crippen LogP contribution in [0.2, 0.25) is 0 Å². The third-order valence-corrected chi connectivity index (χ3v) is 3.52. The molecule has 1 heterocycles. The van der Waals surface area contributed by atoms with E-state index in [-0.39, 0.29) is 0 Å². The molecule has 0 spiro atoms. The number of nitrogens with two attached hydrogens (primary N) is 1. The van der Waals surface area contributed by atoms with Gasteiger partial charge in [-0.05, 0) is 18.1 Å². The Hall–Kier alpha value is -1.68. The summed E-state index contributed by atoms with van der Waals surface area (Å²) < 4.78 is 0. The zero-order valence-electron chi connectivity index (χ0n) is 11.3. The van der Waals surface area contributed by atoms with Crippen molar-refractivity contribution >= 4 is 33.9 Å². The van der Waals surface area contributed by atoms with E-state index < -0.39 is 0 Å². The number of aromatic nitrogens is 1. The van der Waals surface area contributed by atoms with Crippen LogP contribution in [-0.2, 0) is 0 Å². The van der Waals surface area contributed by atoms with E-state index in [4.69, 9.17) is 18.0 Å². The van der Waals surface area contributed by atoms with E-state index >= 15 is 0 Å². The summed E-state index contributed by atoms with van der Waals surface area (Å²) in [6.07, 6.45) is 1.13. The molecule has 1 aromatic carbocycles. The van der Waals surface area contributed by atoms with Crippen LogP contribution in [0.5, 0.6) is 0 Å². The van der Waals surface area contributed by atoms with Gasteiger partial charge in [0, 0.05) is 11.9 Å². The van der Waals surface area contributed by atoms with Gasteiger partial charge in [0.1, 0.15) is 10.8 Å². The average molecular weight is 273 g/mol. The van der Waals surface area contributed by atoms with E-state index in [1.165, 1.54) is 0 Å². The van der Waals surface area contributed by atoms with Crippen LogP contribution in [0.25, 0.3) is 10.9 Å². The second kappa shape index (κ2) is 5.97. The minimum absolute atomic E-state index is 0.380. The molecule has 0 radical (unpaired) electrons. The molecule has 19 heavy (non-hydrogen) atoms. The van der Waals surface area contributed by atoms with Gasteiger partial charge in [0.05, 0.1) is 11.1 Å². The van der Waals surface area contributed by atoms with Crippen LogP contribution in [0.3, 0.4) is 0 Å². The summed E-state index contributed by atoms with van der Waals surface area (Å²) in [4.78, 5) is 5.00. The summed E-state index contributed by atoms with van der Waals surface area (Å²) in [6, 6.07) is 9.98. The van der Waals surface area contributed by atoms with Crippen LogP contribution >= 0.6 is 12.2 Å². The van der Waals surface area contributed by atoms with E-state index in [0.29, 0.717) is 10.9 Å². The number of pyridine rings is 1. The number of thiocarbonyl (C=S) groups is 1. The Labute approximate surface area is 119 Å². The van der Waals surface area contributed by atoms with Crippen molar-refractivity contribution in [1.29, 1.82) is 0 Å². The molecule has 0 saturated heterocycles. The molecule has 0 aliphatic carbocycles. The Morgan fingerprint density at radius 1 is 1.42 bits per heavy atom. The van der Waals surface area contributed by atoms with E-state index in [2.05, 4.69) is 24.1 Å². The number of anilines is 1. The highest BCUT2D eigenvalue weighted by Gasteiger charge is 2.09. The highest BCUT2D eigenvalue weighted by Crippen LogP contribution is 2.20. The number of fused-ring (bicyclic) bond motifs is 1. The summed E-state index contributed by atoms with van der Waals surface area (Å²) in [5, 5.41) is 4.41. The van der Waals surface area contributed by atoms with Crippen molar-refractivity contribution in [2.45, 2.75) is 20.3 Å². The van der Waals surface area contributed by atoms with Crippen molar-refractivity contribution < 1.29 is 0 Å². The Balaban J connectivity index is 2.39. The number of hydrogen-bond acceptors (Lipinski definition) is 3. The van der Waals surface area contributed by atoms with Crippen molar-refractivity contribution in [2.75, 3.05) is 11.9 Å². The summed E-state index contributed by atoms with van der Waals surface area (Å²) in [5.74, 6) is 1.37. The van der Waals surface area contributed by atoms with Gasteiger partial charge in [-0.3, -0.25) is 0 Å². The molecule has 0 fully saturated rings. The topological polar surface area (TPSA) is 50.9 Å². The summed E-state index contributed by atoms with van der Waals surface area (Å²) >= 11 is 5.12. The first-order valence-electron chi connectivity index (χ1n) is 6.55. The molecule has 100 valence electrons. The van der Waals surface area contributed by atoms with Gasteiger partial charge in [0.25, 0.3) is 0 Å². The number of nitrogens with one attached hydrogen (secondary N) is 1. The second-order valence-corrected chi connectivity index (χ2v) is 5.28. The van der Waals surface area contributed by atoms with Gasteiger partial charge in [-0.25, -0.2) is 4.98 Å². The lowest BCUT2D eigenvalue weighted by atomic mass is 10.1. The molecule has 2 rings (SSSR count). The number of rotatable bonds is 5. The van der Waals surface area contributed by atoms with Gasteiger partial charge in [-0.2, -0.15) is 0 Å². The van der Waals surface area contributed by atoms with Crippen LogP contribution in [0.4, 0.5) is 5.82 Å². The Morgan fingerprint density at radius 2 is 2.16 bits per heavy atom. The van der Waals surface area contributed by atoms with Crippen molar-refractivity contribution in [3.63, 3.8) is 0 Å². The molecule has 4 heteroatoms. The quantitative estimate of drug-likeness (QED) is 0.820. The van der Waals surface area contributed by atoms with Gasteiger partial charge >= 0.3 is 0 Å². The van der Waals surface area contributed by atoms with Crippen LogP contribution in [0.15, 0.2) is 30.3 Å². The van der Waals surface area contributed by atoms with Crippen molar-refractivity contribution in [2.24, 2.45) is 11.7 Å². The minimum Gasteiger partial charge on any atom is -0.389 e. The molecule has 1 aromatic heterocycles. The maximum absolute atomic E-state index is 5.80. The first-order chi connectivity index (χ1) is 9.11. The molecule has 0 aliphatic rings. The van der Waals surface area contributed by atoms with E-state index in [0.717, 1.165) is 35.2 Å². The van der Waals surface area contributed by atoms with Crippen LogP contribution in [0, 0.1) is 5.92 Å². The molecule has 0 bridgehead atoms. The fourth-order valence-electron chi connectivity index (χ4n) is 1.85. The first kappa shape index (κ1) is 13.7. The Bertz CT molecular complexity index is 595. The third-order valence-electron chi connectivity index (χ3n) is 3.30.